The first-order valence-electron chi connectivity index (χ1n) is 6.96. The smallest absolute Gasteiger partial charge is 0.239 e. The molecule has 1 unspecified atom stereocenters. The molecule has 1 heterocycles. The first-order chi connectivity index (χ1) is 9.58. The van der Waals surface area contributed by atoms with E-state index in [1.165, 1.54) is 5.56 Å². The van der Waals surface area contributed by atoms with Crippen LogP contribution in [0, 0.1) is 0 Å². The van der Waals surface area contributed by atoms with Gasteiger partial charge in [-0.15, -0.1) is 0 Å². The maximum atomic E-state index is 12.3. The van der Waals surface area contributed by atoms with Crippen molar-refractivity contribution in [2.75, 3.05) is 26.3 Å². The first kappa shape index (κ1) is 15.5. The Balaban J connectivity index is 1.92. The molecule has 0 bridgehead atoms. The van der Waals surface area contributed by atoms with Crippen molar-refractivity contribution in [2.45, 2.75) is 25.9 Å². The molecular formula is C15H21BrN2O2. The average Bonchev–Trinajstić information content (AvgIpc) is 2.47. The highest BCUT2D eigenvalue weighted by atomic mass is 79.9. The molecule has 1 amide bonds. The highest BCUT2D eigenvalue weighted by Gasteiger charge is 2.23. The number of carbonyl (C=O) groups excluding carboxylic acids is 1. The van der Waals surface area contributed by atoms with Crippen molar-refractivity contribution in [1.82, 2.24) is 10.2 Å². The highest BCUT2D eigenvalue weighted by molar-refractivity contribution is 9.10. The summed E-state index contributed by atoms with van der Waals surface area (Å²) in [7, 11) is 0. The number of nitrogens with zero attached hydrogens (tertiary/aromatic N) is 1. The van der Waals surface area contributed by atoms with Crippen LogP contribution in [0.2, 0.25) is 0 Å². The van der Waals surface area contributed by atoms with E-state index in [0.717, 1.165) is 4.47 Å². The number of morpholine rings is 1. The van der Waals surface area contributed by atoms with Crippen molar-refractivity contribution in [3.63, 3.8) is 0 Å². The molecule has 1 aromatic carbocycles. The molecule has 1 aromatic rings. The number of nitrogens with one attached hydrogen (secondary N) is 1. The monoisotopic (exact) mass is 340 g/mol. The number of hydrogen-bond acceptors (Lipinski definition) is 3. The molecule has 0 spiro atoms. The van der Waals surface area contributed by atoms with Crippen molar-refractivity contribution >= 4 is 21.8 Å². The number of carbonyl (C=O) groups is 1. The minimum atomic E-state index is -0.193. The number of ether oxygens (including phenoxy) is 1. The number of rotatable bonds is 4. The lowest BCUT2D eigenvalue weighted by Crippen LogP contribution is -2.49. The van der Waals surface area contributed by atoms with Gasteiger partial charge >= 0.3 is 0 Å². The van der Waals surface area contributed by atoms with Gasteiger partial charge in [0, 0.05) is 23.6 Å². The van der Waals surface area contributed by atoms with Crippen LogP contribution in [0.5, 0.6) is 0 Å². The van der Waals surface area contributed by atoms with Gasteiger partial charge in [-0.05, 0) is 31.5 Å². The van der Waals surface area contributed by atoms with E-state index in [4.69, 9.17) is 4.74 Å². The lowest BCUT2D eigenvalue weighted by atomic mass is 10.1. The van der Waals surface area contributed by atoms with Crippen LogP contribution >= 0.6 is 15.9 Å². The van der Waals surface area contributed by atoms with Gasteiger partial charge < -0.3 is 9.64 Å². The van der Waals surface area contributed by atoms with Gasteiger partial charge in [0.1, 0.15) is 0 Å². The average molecular weight is 341 g/mol. The van der Waals surface area contributed by atoms with Crippen molar-refractivity contribution in [3.8, 4) is 0 Å². The summed E-state index contributed by atoms with van der Waals surface area (Å²) in [4.78, 5) is 14.2. The summed E-state index contributed by atoms with van der Waals surface area (Å²) in [6, 6.07) is 8.08. The molecule has 2 atom stereocenters. The lowest BCUT2D eigenvalue weighted by Gasteiger charge is -2.30. The van der Waals surface area contributed by atoms with Crippen LogP contribution in [0.25, 0.3) is 0 Å². The minimum absolute atomic E-state index is 0.132. The lowest BCUT2D eigenvalue weighted by molar-refractivity contribution is -0.137. The molecule has 0 aromatic heterocycles. The molecule has 4 nitrogen and oxygen atoms in total. The van der Waals surface area contributed by atoms with Gasteiger partial charge in [-0.3, -0.25) is 10.1 Å². The molecule has 1 N–H and O–H groups in total. The minimum Gasteiger partial charge on any atom is -0.378 e. The van der Waals surface area contributed by atoms with E-state index in [0.29, 0.717) is 26.3 Å². The van der Waals surface area contributed by atoms with Crippen molar-refractivity contribution < 1.29 is 9.53 Å². The Hall–Kier alpha value is -0.910. The van der Waals surface area contributed by atoms with Crippen LogP contribution < -0.4 is 5.32 Å². The molecule has 1 aliphatic rings. The standard InChI is InChI=1S/C15H21BrN2O2/c1-11(13-4-3-5-14(16)10-13)17-12(2)15(19)18-6-8-20-9-7-18/h3-5,10-12,17H,6-9H2,1-2H3/t11-,12?/m0/s1. The SMILES string of the molecule is CC(N[C@@H](C)c1cccc(Br)c1)C(=O)N1CCOCC1. The first-order valence-corrected chi connectivity index (χ1v) is 7.75. The molecule has 5 heteroatoms. The third-order valence-corrected chi connectivity index (χ3v) is 4.04. The molecule has 20 heavy (non-hydrogen) atoms. The van der Waals surface area contributed by atoms with Crippen molar-refractivity contribution in [3.05, 3.63) is 34.3 Å². The molecule has 0 saturated carbocycles. The van der Waals surface area contributed by atoms with Crippen LogP contribution in [-0.4, -0.2) is 43.2 Å². The van der Waals surface area contributed by atoms with Gasteiger partial charge in [0.05, 0.1) is 19.3 Å². The topological polar surface area (TPSA) is 41.6 Å². The quantitative estimate of drug-likeness (QED) is 0.914. The second-order valence-electron chi connectivity index (χ2n) is 5.10. The van der Waals surface area contributed by atoms with Gasteiger partial charge in [0.25, 0.3) is 0 Å². The summed E-state index contributed by atoms with van der Waals surface area (Å²) in [6.07, 6.45) is 0. The van der Waals surface area contributed by atoms with Crippen LogP contribution in [0.15, 0.2) is 28.7 Å². The normalized spacial score (nSPS) is 18.6. The van der Waals surface area contributed by atoms with Crippen LogP contribution in [0.4, 0.5) is 0 Å². The molecule has 1 fully saturated rings. The van der Waals surface area contributed by atoms with Gasteiger partial charge in [-0.25, -0.2) is 0 Å². The summed E-state index contributed by atoms with van der Waals surface area (Å²) in [5.41, 5.74) is 1.17. The van der Waals surface area contributed by atoms with Gasteiger partial charge in [0.15, 0.2) is 0 Å². The van der Waals surface area contributed by atoms with E-state index in [1.54, 1.807) is 0 Å². The zero-order valence-corrected chi connectivity index (χ0v) is 13.5. The third kappa shape index (κ3) is 4.04. The van der Waals surface area contributed by atoms with Crippen LogP contribution in [0.1, 0.15) is 25.5 Å². The Labute approximate surface area is 128 Å². The third-order valence-electron chi connectivity index (χ3n) is 3.54. The Bertz CT molecular complexity index is 461. The van der Waals surface area contributed by atoms with E-state index >= 15 is 0 Å². The van der Waals surface area contributed by atoms with Crippen molar-refractivity contribution in [2.24, 2.45) is 0 Å². The fourth-order valence-corrected chi connectivity index (χ4v) is 2.79. The zero-order chi connectivity index (χ0) is 14.5. The van der Waals surface area contributed by atoms with E-state index in [2.05, 4.69) is 40.3 Å². The Morgan fingerprint density at radius 1 is 1.35 bits per heavy atom. The summed E-state index contributed by atoms with van der Waals surface area (Å²) in [6.45, 7) is 6.66. The van der Waals surface area contributed by atoms with E-state index in [9.17, 15) is 4.79 Å². The molecule has 1 aliphatic heterocycles. The summed E-state index contributed by atoms with van der Waals surface area (Å²) < 4.78 is 6.33. The molecule has 2 rings (SSSR count). The predicted octanol–water partition coefficient (Wildman–Crippen LogP) is 2.35. The fourth-order valence-electron chi connectivity index (χ4n) is 2.38. The fraction of sp³-hybridized carbons (Fsp3) is 0.533. The largest absolute Gasteiger partial charge is 0.378 e. The van der Waals surface area contributed by atoms with Gasteiger partial charge in [-0.1, -0.05) is 28.1 Å². The Morgan fingerprint density at radius 2 is 2.05 bits per heavy atom. The van der Waals surface area contributed by atoms with E-state index < -0.39 is 0 Å². The van der Waals surface area contributed by atoms with Crippen LogP contribution in [0.3, 0.4) is 0 Å². The van der Waals surface area contributed by atoms with Crippen LogP contribution in [-0.2, 0) is 9.53 Å². The van der Waals surface area contributed by atoms with Crippen molar-refractivity contribution in [1.29, 1.82) is 0 Å². The molecule has 110 valence electrons. The second-order valence-corrected chi connectivity index (χ2v) is 6.02. The predicted molar refractivity (Wildman–Crippen MR) is 82.6 cm³/mol. The maximum Gasteiger partial charge on any atom is 0.239 e. The maximum absolute atomic E-state index is 12.3. The summed E-state index contributed by atoms with van der Waals surface area (Å²) >= 11 is 3.47. The van der Waals surface area contributed by atoms with E-state index in [1.807, 2.05) is 24.0 Å². The number of halogens is 1. The number of amides is 1. The molecule has 0 aliphatic carbocycles. The number of benzene rings is 1. The van der Waals surface area contributed by atoms with E-state index in [-0.39, 0.29) is 18.0 Å². The zero-order valence-electron chi connectivity index (χ0n) is 11.9. The van der Waals surface area contributed by atoms with Gasteiger partial charge in [0.2, 0.25) is 5.91 Å². The van der Waals surface area contributed by atoms with Gasteiger partial charge in [-0.2, -0.15) is 0 Å². The Morgan fingerprint density at radius 3 is 2.70 bits per heavy atom. The highest BCUT2D eigenvalue weighted by Crippen LogP contribution is 2.18. The Kier molecular flexibility index (Phi) is 5.57. The number of hydrogen-bond donors (Lipinski definition) is 1. The summed E-state index contributed by atoms with van der Waals surface area (Å²) in [5.74, 6) is 0.148. The molecule has 1 saturated heterocycles. The summed E-state index contributed by atoms with van der Waals surface area (Å²) in [5, 5.41) is 3.37. The molecule has 0 radical (unpaired) electrons. The second kappa shape index (κ2) is 7.20. The molecular weight excluding hydrogens is 320 g/mol.